The summed E-state index contributed by atoms with van der Waals surface area (Å²) >= 11 is 0. The zero-order valence-corrected chi connectivity index (χ0v) is 76.6. The maximum absolute atomic E-state index is 5.26. The third-order valence-corrected chi connectivity index (χ3v) is 27.3. The molecule has 3 aliphatic rings. The molecule has 0 bridgehead atoms. The number of hydrogen-bond donors (Lipinski definition) is 0. The summed E-state index contributed by atoms with van der Waals surface area (Å²) in [6.45, 7) is 13.9. The Morgan fingerprint density at radius 3 is 0.657 bits per heavy atom. The fourth-order valence-electron chi connectivity index (χ4n) is 19.9. The van der Waals surface area contributed by atoms with Crippen LogP contribution in [0.1, 0.15) is 74.9 Å². The summed E-state index contributed by atoms with van der Waals surface area (Å²) in [5, 5.41) is 4.63. The van der Waals surface area contributed by atoms with Crippen LogP contribution in [0, 0.1) is 0 Å². The van der Waals surface area contributed by atoms with E-state index < -0.39 is 0 Å². The Bertz CT molecular complexity index is 7770. The fourth-order valence-corrected chi connectivity index (χ4v) is 19.9. The first-order valence-electron chi connectivity index (χ1n) is 46.6. The molecule has 0 spiro atoms. The number of rotatable bonds is 14. The lowest BCUT2D eigenvalue weighted by Crippen LogP contribution is -2.15. The molecule has 650 valence electrons. The van der Waals surface area contributed by atoms with E-state index in [9.17, 15) is 0 Å². The Labute approximate surface area is 797 Å². The number of aromatic nitrogens is 11. The van der Waals surface area contributed by atoms with Crippen molar-refractivity contribution in [2.24, 2.45) is 0 Å². The number of hydrogen-bond acceptors (Lipinski definition) is 11. The number of nitrogens with zero attached hydrogens (tertiary/aromatic N) is 11. The van der Waals surface area contributed by atoms with Crippen molar-refractivity contribution < 1.29 is 0 Å². The van der Waals surface area contributed by atoms with Gasteiger partial charge in [0.05, 0.1) is 0 Å². The average molecular weight is 1760 g/mol. The SMILES string of the molecule is CC1(C)c2ccccc2-c2ccc(-c3nc(-c4ccc5c(c4)C(C)(C)c4ccccc4-5)nc(-c4ccc5c(c4)C(C)(C)c4ccccc4-5)n3)cc21.c1ccc(-c2cccc(-c3nc(-c4cccc(-c5ccccc5)c4)nc(-c4cccc(-c5ccccc5)c4)n3)c2)cc1.c1ccc(-c2cnc(-c3ccc(-c4nc(-c5ccc6ccccc6c5)nc(-c5ccc6ccccc6c5)n4)cc3)nc2)cc1. The van der Waals surface area contributed by atoms with Gasteiger partial charge in [-0.15, -0.1) is 0 Å². The zero-order chi connectivity index (χ0) is 92.3. The minimum absolute atomic E-state index is 0.123. The Morgan fingerprint density at radius 1 is 0.131 bits per heavy atom. The molecular formula is C126H91N11. The van der Waals surface area contributed by atoms with Gasteiger partial charge in [0.25, 0.3) is 0 Å². The van der Waals surface area contributed by atoms with Gasteiger partial charge in [0, 0.05) is 89.8 Å². The second-order valence-corrected chi connectivity index (χ2v) is 36.9. The minimum atomic E-state index is -0.123. The van der Waals surface area contributed by atoms with E-state index in [1.807, 2.05) is 97.3 Å². The van der Waals surface area contributed by atoms with Crippen molar-refractivity contribution >= 4 is 21.5 Å². The summed E-state index contributed by atoms with van der Waals surface area (Å²) < 4.78 is 0. The molecule has 11 nitrogen and oxygen atoms in total. The summed E-state index contributed by atoms with van der Waals surface area (Å²) in [5.41, 5.74) is 33.8. The Hall–Kier alpha value is -17.4. The highest BCUT2D eigenvalue weighted by Crippen LogP contribution is 2.53. The summed E-state index contributed by atoms with van der Waals surface area (Å²) in [6.07, 6.45) is 3.73. The molecule has 137 heavy (non-hydrogen) atoms. The van der Waals surface area contributed by atoms with Crippen molar-refractivity contribution in [3.05, 3.63) is 476 Å². The van der Waals surface area contributed by atoms with E-state index in [2.05, 4.69) is 397 Å². The molecule has 0 radical (unpaired) electrons. The number of fused-ring (bicyclic) bond motifs is 11. The lowest BCUT2D eigenvalue weighted by molar-refractivity contribution is 0.660. The van der Waals surface area contributed by atoms with Crippen LogP contribution in [0.4, 0.5) is 0 Å². The second-order valence-electron chi connectivity index (χ2n) is 36.9. The zero-order valence-electron chi connectivity index (χ0n) is 76.6. The topological polar surface area (TPSA) is 142 Å². The van der Waals surface area contributed by atoms with Crippen molar-refractivity contribution in [2.45, 2.75) is 57.8 Å². The van der Waals surface area contributed by atoms with Gasteiger partial charge in [-0.1, -0.05) is 424 Å². The summed E-state index contributed by atoms with van der Waals surface area (Å²) in [5.74, 6) is 6.54. The van der Waals surface area contributed by atoms with Gasteiger partial charge in [0.2, 0.25) is 0 Å². The summed E-state index contributed by atoms with van der Waals surface area (Å²) in [6, 6.07) is 150. The van der Waals surface area contributed by atoms with Crippen LogP contribution in [-0.4, -0.2) is 54.8 Å². The second kappa shape index (κ2) is 35.0. The van der Waals surface area contributed by atoms with Gasteiger partial charge in [0.15, 0.2) is 58.2 Å². The predicted octanol–water partition coefficient (Wildman–Crippen LogP) is 31.0. The molecule has 0 aliphatic heterocycles. The maximum Gasteiger partial charge on any atom is 0.164 e. The maximum atomic E-state index is 5.26. The van der Waals surface area contributed by atoms with Gasteiger partial charge in [0.1, 0.15) is 0 Å². The molecule has 4 heterocycles. The highest BCUT2D eigenvalue weighted by molar-refractivity contribution is 5.91. The van der Waals surface area contributed by atoms with Gasteiger partial charge in [-0.3, -0.25) is 0 Å². The molecule has 18 aromatic carbocycles. The molecule has 3 aliphatic carbocycles. The lowest BCUT2D eigenvalue weighted by Gasteiger charge is -2.22. The molecule has 0 atom stereocenters. The van der Waals surface area contributed by atoms with E-state index in [1.165, 1.54) is 77.5 Å². The summed E-state index contributed by atoms with van der Waals surface area (Å²) in [4.78, 5) is 55.0. The van der Waals surface area contributed by atoms with Crippen molar-refractivity contribution in [3.8, 4) is 192 Å². The normalized spacial score (nSPS) is 12.9. The van der Waals surface area contributed by atoms with E-state index in [0.29, 0.717) is 58.2 Å². The average Bonchev–Trinajstić information content (AvgIpc) is 1.58. The molecule has 0 unspecified atom stereocenters. The van der Waals surface area contributed by atoms with E-state index in [0.717, 1.165) is 111 Å². The first kappa shape index (κ1) is 83.9. The predicted molar refractivity (Wildman–Crippen MR) is 559 cm³/mol. The molecule has 0 amide bonds. The first-order valence-corrected chi connectivity index (χ1v) is 46.6. The number of benzene rings is 18. The smallest absolute Gasteiger partial charge is 0.164 e. The van der Waals surface area contributed by atoms with Crippen LogP contribution in [0.15, 0.2) is 443 Å². The van der Waals surface area contributed by atoms with Crippen LogP contribution < -0.4 is 0 Å². The summed E-state index contributed by atoms with van der Waals surface area (Å²) in [7, 11) is 0. The van der Waals surface area contributed by atoms with Crippen molar-refractivity contribution in [1.82, 2.24) is 54.8 Å². The largest absolute Gasteiger partial charge is 0.236 e. The van der Waals surface area contributed by atoms with Crippen molar-refractivity contribution in [1.29, 1.82) is 0 Å². The highest BCUT2D eigenvalue weighted by Gasteiger charge is 2.39. The monoisotopic (exact) mass is 1760 g/mol. The molecule has 0 saturated carbocycles. The van der Waals surface area contributed by atoms with Crippen molar-refractivity contribution in [3.63, 3.8) is 0 Å². The van der Waals surface area contributed by atoms with Gasteiger partial charge in [-0.2, -0.15) is 0 Å². The fraction of sp³-hybridized carbons (Fsp3) is 0.0714. The molecule has 25 rings (SSSR count). The third kappa shape index (κ3) is 16.1. The molecule has 22 aromatic rings. The molecule has 0 fully saturated rings. The molecule has 4 aromatic heterocycles. The highest BCUT2D eigenvalue weighted by atomic mass is 15.1. The van der Waals surface area contributed by atoms with E-state index in [4.69, 9.17) is 44.9 Å². The Balaban J connectivity index is 0.000000116. The van der Waals surface area contributed by atoms with Crippen LogP contribution >= 0.6 is 0 Å². The van der Waals surface area contributed by atoms with Crippen LogP contribution in [0.2, 0.25) is 0 Å². The Morgan fingerprint density at radius 2 is 0.343 bits per heavy atom. The standard InChI is InChI=1S/C48H39N3.C39H25N5.C39H27N3/c1-46(2)37-16-10-7-13-31(37)34-22-19-28(25-40(34)46)43-49-44(29-20-23-35-32-14-8-11-17-38(32)47(3,4)41(35)26-29)51-45(50-43)30-21-24-36-33-15-9-12-18-39(33)48(5,6)42(36)27-30;1-2-8-26(9-3-1)35-24-40-36(41-25-35)29-16-18-30(19-17-29)37-42-38(33-20-14-27-10-4-6-12-31(27)22-33)44-39(43-37)34-21-15-28-11-5-7-13-32(28)23-34;1-4-13-28(14-5-1)31-19-10-22-34(25-31)37-40-38(35-23-11-20-32(26-35)29-15-6-2-7-16-29)42-39(41-37)36-24-12-21-33(27-36)30-17-8-3-9-18-30/h7-27H,1-6H3;1-25H;1-27H. The van der Waals surface area contributed by atoms with Crippen LogP contribution in [0.3, 0.4) is 0 Å². The van der Waals surface area contributed by atoms with Crippen LogP contribution in [-0.2, 0) is 16.2 Å². The quantitative estimate of drug-likeness (QED) is 0.103. The van der Waals surface area contributed by atoms with Gasteiger partial charge >= 0.3 is 0 Å². The minimum Gasteiger partial charge on any atom is -0.236 e. The molecular weight excluding hydrogens is 1670 g/mol. The van der Waals surface area contributed by atoms with E-state index in [1.54, 1.807) is 0 Å². The van der Waals surface area contributed by atoms with Crippen LogP contribution in [0.25, 0.3) is 213 Å². The molecule has 0 N–H and O–H groups in total. The molecule has 11 heteroatoms. The molecule has 0 saturated heterocycles. The van der Waals surface area contributed by atoms with Crippen LogP contribution in [0.5, 0.6) is 0 Å². The van der Waals surface area contributed by atoms with E-state index in [-0.39, 0.29) is 16.2 Å². The van der Waals surface area contributed by atoms with E-state index >= 15 is 0 Å². The lowest BCUT2D eigenvalue weighted by atomic mass is 9.82. The van der Waals surface area contributed by atoms with Gasteiger partial charge in [-0.25, -0.2) is 54.8 Å². The Kier molecular flexibility index (Phi) is 21.4. The van der Waals surface area contributed by atoms with Crippen molar-refractivity contribution in [2.75, 3.05) is 0 Å². The first-order chi connectivity index (χ1) is 67.1. The van der Waals surface area contributed by atoms with Gasteiger partial charge < -0.3 is 0 Å². The third-order valence-electron chi connectivity index (χ3n) is 27.3. The van der Waals surface area contributed by atoms with Gasteiger partial charge in [-0.05, 0) is 176 Å².